The molecule has 0 spiro atoms. The lowest BCUT2D eigenvalue weighted by atomic mass is 10.3. The molecule has 1 aromatic carbocycles. The summed E-state index contributed by atoms with van der Waals surface area (Å²) in [4.78, 5) is 0. The molecule has 14 heavy (non-hydrogen) atoms. The van der Waals surface area contributed by atoms with Crippen LogP contribution in [0.15, 0.2) is 28.7 Å². The zero-order valence-corrected chi connectivity index (χ0v) is 9.19. The molecule has 0 aliphatic carbocycles. The van der Waals surface area contributed by atoms with Gasteiger partial charge in [0.15, 0.2) is 5.82 Å². The van der Waals surface area contributed by atoms with Crippen molar-refractivity contribution in [3.05, 3.63) is 34.4 Å². The van der Waals surface area contributed by atoms with Gasteiger partial charge in [-0.05, 0) is 25.1 Å². The second kappa shape index (κ2) is 3.42. The van der Waals surface area contributed by atoms with Gasteiger partial charge in [0.05, 0.1) is 11.4 Å². The Hall–Kier alpha value is -1.36. The van der Waals surface area contributed by atoms with Crippen LogP contribution < -0.4 is 5.73 Å². The number of halogens is 1. The molecule has 0 unspecified atom stereocenters. The van der Waals surface area contributed by atoms with Crippen LogP contribution >= 0.6 is 15.9 Å². The van der Waals surface area contributed by atoms with E-state index < -0.39 is 0 Å². The van der Waals surface area contributed by atoms with E-state index in [1.54, 1.807) is 4.68 Å². The van der Waals surface area contributed by atoms with Crippen molar-refractivity contribution in [2.45, 2.75) is 6.92 Å². The largest absolute Gasteiger partial charge is 0.381 e. The number of rotatable bonds is 1. The first kappa shape index (κ1) is 9.21. The predicted octanol–water partition coefficient (Wildman–Crippen LogP) is 1.92. The number of nitrogens with zero attached hydrogens (tertiary/aromatic N) is 3. The number of aromatic nitrogens is 3. The maximum absolute atomic E-state index is 5.61. The summed E-state index contributed by atoms with van der Waals surface area (Å²) in [5, 5.41) is 7.75. The average molecular weight is 253 g/mol. The fraction of sp³-hybridized carbons (Fsp3) is 0.111. The van der Waals surface area contributed by atoms with Crippen LogP contribution in [0.5, 0.6) is 0 Å². The summed E-state index contributed by atoms with van der Waals surface area (Å²) in [6.07, 6.45) is 0. The number of hydrogen-bond donors (Lipinski definition) is 1. The highest BCUT2D eigenvalue weighted by Crippen LogP contribution is 2.17. The minimum Gasteiger partial charge on any atom is -0.381 e. The predicted molar refractivity (Wildman–Crippen MR) is 58.2 cm³/mol. The molecule has 1 aromatic heterocycles. The highest BCUT2D eigenvalue weighted by atomic mass is 79.9. The topological polar surface area (TPSA) is 56.7 Å². The Labute approximate surface area is 89.9 Å². The maximum atomic E-state index is 5.61. The van der Waals surface area contributed by atoms with Crippen LogP contribution in [0, 0.1) is 6.92 Å². The number of benzene rings is 1. The molecule has 0 atom stereocenters. The molecule has 72 valence electrons. The smallest absolute Gasteiger partial charge is 0.169 e. The van der Waals surface area contributed by atoms with E-state index in [2.05, 4.69) is 26.2 Å². The first-order valence-electron chi connectivity index (χ1n) is 4.12. The van der Waals surface area contributed by atoms with Crippen molar-refractivity contribution < 1.29 is 0 Å². The Balaban J connectivity index is 2.55. The van der Waals surface area contributed by atoms with Gasteiger partial charge >= 0.3 is 0 Å². The van der Waals surface area contributed by atoms with Crippen LogP contribution in [0.25, 0.3) is 5.69 Å². The molecule has 4 nitrogen and oxygen atoms in total. The summed E-state index contributed by atoms with van der Waals surface area (Å²) < 4.78 is 2.71. The number of hydrogen-bond acceptors (Lipinski definition) is 3. The van der Waals surface area contributed by atoms with E-state index in [1.165, 1.54) is 0 Å². The van der Waals surface area contributed by atoms with Crippen molar-refractivity contribution in [2.75, 3.05) is 5.73 Å². The monoisotopic (exact) mass is 252 g/mol. The number of nitrogens with two attached hydrogens (primary N) is 1. The maximum Gasteiger partial charge on any atom is 0.169 e. The van der Waals surface area contributed by atoms with E-state index in [-0.39, 0.29) is 0 Å². The normalized spacial score (nSPS) is 10.4. The number of nitrogen functional groups attached to an aromatic ring is 1. The molecule has 5 heteroatoms. The number of anilines is 1. The standard InChI is InChI=1S/C9H9BrN4/c1-6-9(11)12-13-14(6)8-4-2-3-7(10)5-8/h2-5H,11H2,1H3. The SMILES string of the molecule is Cc1c(N)nnn1-c1cccc(Br)c1. The molecule has 0 aliphatic rings. The van der Waals surface area contributed by atoms with Crippen LogP contribution in [0.1, 0.15) is 5.69 Å². The van der Waals surface area contributed by atoms with Crippen molar-refractivity contribution in [1.29, 1.82) is 0 Å². The van der Waals surface area contributed by atoms with E-state index in [4.69, 9.17) is 5.73 Å². The zero-order chi connectivity index (χ0) is 10.1. The quantitative estimate of drug-likeness (QED) is 0.844. The van der Waals surface area contributed by atoms with Crippen LogP contribution in [-0.2, 0) is 0 Å². The lowest BCUT2D eigenvalue weighted by Gasteiger charge is -2.02. The molecule has 0 bridgehead atoms. The Morgan fingerprint density at radius 1 is 1.43 bits per heavy atom. The molecule has 2 N–H and O–H groups in total. The summed E-state index contributed by atoms with van der Waals surface area (Å²) >= 11 is 3.40. The summed E-state index contributed by atoms with van der Waals surface area (Å²) in [5.41, 5.74) is 7.41. The third kappa shape index (κ3) is 1.50. The van der Waals surface area contributed by atoms with E-state index >= 15 is 0 Å². The van der Waals surface area contributed by atoms with Crippen molar-refractivity contribution in [3.63, 3.8) is 0 Å². The summed E-state index contributed by atoms with van der Waals surface area (Å²) in [7, 11) is 0. The summed E-state index contributed by atoms with van der Waals surface area (Å²) in [5.74, 6) is 0.463. The lowest BCUT2D eigenvalue weighted by Crippen LogP contribution is -1.99. The molecule has 1 heterocycles. The van der Waals surface area contributed by atoms with Crippen LogP contribution in [0.2, 0.25) is 0 Å². The van der Waals surface area contributed by atoms with Gasteiger partial charge in [0.25, 0.3) is 0 Å². The molecule has 2 aromatic rings. The van der Waals surface area contributed by atoms with E-state index in [9.17, 15) is 0 Å². The Morgan fingerprint density at radius 3 is 2.79 bits per heavy atom. The molecular weight excluding hydrogens is 244 g/mol. The highest BCUT2D eigenvalue weighted by Gasteiger charge is 2.06. The second-order valence-electron chi connectivity index (χ2n) is 2.95. The van der Waals surface area contributed by atoms with Gasteiger partial charge in [0.1, 0.15) is 0 Å². The molecule has 0 amide bonds. The molecule has 0 aliphatic heterocycles. The van der Waals surface area contributed by atoms with Crippen molar-refractivity contribution in [2.24, 2.45) is 0 Å². The molecular formula is C9H9BrN4. The van der Waals surface area contributed by atoms with E-state index in [0.717, 1.165) is 15.9 Å². The van der Waals surface area contributed by atoms with Crippen molar-refractivity contribution >= 4 is 21.7 Å². The minimum atomic E-state index is 0.463. The minimum absolute atomic E-state index is 0.463. The van der Waals surface area contributed by atoms with Crippen LogP contribution in [-0.4, -0.2) is 15.0 Å². The van der Waals surface area contributed by atoms with E-state index in [0.29, 0.717) is 5.82 Å². The van der Waals surface area contributed by atoms with Gasteiger partial charge in [-0.25, -0.2) is 4.68 Å². The molecule has 0 saturated carbocycles. The van der Waals surface area contributed by atoms with Gasteiger partial charge in [0.2, 0.25) is 0 Å². The third-order valence-corrected chi connectivity index (χ3v) is 2.48. The average Bonchev–Trinajstić information content (AvgIpc) is 2.48. The first-order valence-corrected chi connectivity index (χ1v) is 4.91. The first-order chi connectivity index (χ1) is 6.68. The Morgan fingerprint density at radius 2 is 2.21 bits per heavy atom. The van der Waals surface area contributed by atoms with E-state index in [1.807, 2.05) is 31.2 Å². The van der Waals surface area contributed by atoms with Crippen molar-refractivity contribution in [3.8, 4) is 5.69 Å². The van der Waals surface area contributed by atoms with Gasteiger partial charge in [0, 0.05) is 4.47 Å². The Kier molecular flexibility index (Phi) is 2.25. The molecule has 0 radical (unpaired) electrons. The fourth-order valence-electron chi connectivity index (χ4n) is 1.19. The lowest BCUT2D eigenvalue weighted by molar-refractivity contribution is 0.785. The highest BCUT2D eigenvalue weighted by molar-refractivity contribution is 9.10. The van der Waals surface area contributed by atoms with Crippen LogP contribution in [0.3, 0.4) is 0 Å². The molecule has 2 rings (SSSR count). The fourth-order valence-corrected chi connectivity index (χ4v) is 1.58. The van der Waals surface area contributed by atoms with Gasteiger partial charge in [-0.3, -0.25) is 0 Å². The van der Waals surface area contributed by atoms with Crippen LogP contribution in [0.4, 0.5) is 5.82 Å². The molecule has 0 fully saturated rings. The van der Waals surface area contributed by atoms with Gasteiger partial charge in [-0.2, -0.15) is 0 Å². The van der Waals surface area contributed by atoms with Crippen molar-refractivity contribution in [1.82, 2.24) is 15.0 Å². The van der Waals surface area contributed by atoms with Gasteiger partial charge in [-0.15, -0.1) is 5.10 Å². The Bertz CT molecular complexity index is 464. The zero-order valence-electron chi connectivity index (χ0n) is 7.61. The summed E-state index contributed by atoms with van der Waals surface area (Å²) in [6.45, 7) is 1.89. The third-order valence-electron chi connectivity index (χ3n) is 1.98. The van der Waals surface area contributed by atoms with Gasteiger partial charge in [-0.1, -0.05) is 27.2 Å². The van der Waals surface area contributed by atoms with Gasteiger partial charge < -0.3 is 5.73 Å². The second-order valence-corrected chi connectivity index (χ2v) is 3.87. The summed E-state index contributed by atoms with van der Waals surface area (Å²) in [6, 6.07) is 7.81. The molecule has 0 saturated heterocycles.